The van der Waals surface area contributed by atoms with Gasteiger partial charge in [-0.25, -0.2) is 5.43 Å². The van der Waals surface area contributed by atoms with Crippen LogP contribution in [-0.4, -0.2) is 31.3 Å². The highest BCUT2D eigenvalue weighted by Gasteiger charge is 2.09. The summed E-state index contributed by atoms with van der Waals surface area (Å²) in [5.74, 6) is 0.804. The van der Waals surface area contributed by atoms with Crippen LogP contribution in [0.3, 0.4) is 0 Å². The second-order valence-electron chi connectivity index (χ2n) is 4.63. The van der Waals surface area contributed by atoms with E-state index in [4.69, 9.17) is 9.47 Å². The summed E-state index contributed by atoms with van der Waals surface area (Å²) in [4.78, 5) is 22.0. The maximum absolute atomic E-state index is 11.9. The van der Waals surface area contributed by atoms with Crippen LogP contribution < -0.4 is 14.9 Å². The molecule has 0 saturated heterocycles. The minimum absolute atomic E-state index is 0.0214. The lowest BCUT2D eigenvalue weighted by Crippen LogP contribution is -2.19. The molecule has 24 heavy (non-hydrogen) atoms. The van der Waals surface area contributed by atoms with E-state index in [0.717, 1.165) is 16.9 Å². The predicted molar refractivity (Wildman–Crippen MR) is 90.0 cm³/mol. The van der Waals surface area contributed by atoms with Crippen molar-refractivity contribution in [2.75, 3.05) is 14.2 Å². The molecular formula is C15H15N3O5S. The maximum atomic E-state index is 11.9. The Kier molecular flexibility index (Phi) is 5.85. The van der Waals surface area contributed by atoms with E-state index in [1.165, 1.54) is 26.5 Å². The van der Waals surface area contributed by atoms with Gasteiger partial charge in [-0.3, -0.25) is 14.9 Å². The van der Waals surface area contributed by atoms with E-state index in [2.05, 4.69) is 10.5 Å². The molecule has 1 aromatic carbocycles. The van der Waals surface area contributed by atoms with Gasteiger partial charge in [-0.2, -0.15) is 5.10 Å². The molecule has 126 valence electrons. The number of ether oxygens (including phenoxy) is 2. The number of nitrogens with one attached hydrogen (secondary N) is 1. The lowest BCUT2D eigenvalue weighted by molar-refractivity contribution is -0.380. The quantitative estimate of drug-likeness (QED) is 0.469. The number of hydrazone groups is 1. The highest BCUT2D eigenvalue weighted by atomic mass is 32.1. The minimum Gasteiger partial charge on any atom is -0.493 e. The number of thiophene rings is 1. The molecule has 0 spiro atoms. The molecule has 1 aromatic heterocycles. The first-order chi connectivity index (χ1) is 11.5. The molecular weight excluding hydrogens is 334 g/mol. The van der Waals surface area contributed by atoms with Crippen LogP contribution >= 0.6 is 11.3 Å². The van der Waals surface area contributed by atoms with Gasteiger partial charge < -0.3 is 9.47 Å². The molecule has 0 unspecified atom stereocenters. The summed E-state index contributed by atoms with van der Waals surface area (Å²) in [5.41, 5.74) is 3.67. The smallest absolute Gasteiger partial charge is 0.324 e. The summed E-state index contributed by atoms with van der Waals surface area (Å²) in [6.45, 7) is 0. The number of rotatable bonds is 7. The van der Waals surface area contributed by atoms with E-state index in [0.29, 0.717) is 17.1 Å². The summed E-state index contributed by atoms with van der Waals surface area (Å²) in [6, 6.07) is 6.57. The Balaban J connectivity index is 1.93. The molecule has 0 radical (unpaired) electrons. The van der Waals surface area contributed by atoms with Crippen LogP contribution in [0.1, 0.15) is 11.1 Å². The molecule has 2 aromatic rings. The first-order valence-corrected chi connectivity index (χ1v) is 7.67. The number of carbonyl (C=O) groups is 1. The number of carbonyl (C=O) groups excluding carboxylic acids is 1. The van der Waals surface area contributed by atoms with Gasteiger partial charge in [-0.05, 0) is 17.7 Å². The number of hydrogen-bond donors (Lipinski definition) is 1. The van der Waals surface area contributed by atoms with Crippen molar-refractivity contribution < 1.29 is 19.2 Å². The van der Waals surface area contributed by atoms with E-state index >= 15 is 0 Å². The predicted octanol–water partition coefficient (Wildman–Crippen LogP) is 2.37. The van der Waals surface area contributed by atoms with Gasteiger partial charge in [0.25, 0.3) is 0 Å². The largest absolute Gasteiger partial charge is 0.493 e. The van der Waals surface area contributed by atoms with Gasteiger partial charge in [0.15, 0.2) is 11.5 Å². The lowest BCUT2D eigenvalue weighted by Gasteiger charge is -2.09. The fourth-order valence-electron chi connectivity index (χ4n) is 1.90. The summed E-state index contributed by atoms with van der Waals surface area (Å²) < 4.78 is 10.3. The normalized spacial score (nSPS) is 10.6. The lowest BCUT2D eigenvalue weighted by atomic mass is 10.1. The Morgan fingerprint density at radius 2 is 2.08 bits per heavy atom. The zero-order chi connectivity index (χ0) is 17.5. The second-order valence-corrected chi connectivity index (χ2v) is 5.52. The fraction of sp³-hybridized carbons (Fsp3) is 0.200. The van der Waals surface area contributed by atoms with Crippen LogP contribution in [0.15, 0.2) is 34.7 Å². The molecule has 0 aliphatic carbocycles. The standard InChI is InChI=1S/C15H15N3O5S/c1-22-12-4-3-10(5-13(12)23-2)6-14(19)17-16-8-11-7-15(18(20)21)24-9-11/h3-5,7-9H,6H2,1-2H3,(H,17,19)/b16-8+. The van der Waals surface area contributed by atoms with Gasteiger partial charge in [0.05, 0.1) is 31.8 Å². The fourth-order valence-corrected chi connectivity index (χ4v) is 2.57. The van der Waals surface area contributed by atoms with Crippen molar-refractivity contribution in [1.82, 2.24) is 5.43 Å². The van der Waals surface area contributed by atoms with E-state index in [1.807, 2.05) is 0 Å². The van der Waals surface area contributed by atoms with Crippen molar-refractivity contribution in [3.8, 4) is 11.5 Å². The van der Waals surface area contributed by atoms with Crippen LogP contribution in [0.5, 0.6) is 11.5 Å². The van der Waals surface area contributed by atoms with Crippen molar-refractivity contribution >= 4 is 28.5 Å². The van der Waals surface area contributed by atoms with Crippen LogP contribution in [0.4, 0.5) is 5.00 Å². The molecule has 0 aliphatic rings. The van der Waals surface area contributed by atoms with Crippen molar-refractivity contribution in [2.45, 2.75) is 6.42 Å². The zero-order valence-corrected chi connectivity index (χ0v) is 13.8. The van der Waals surface area contributed by atoms with Gasteiger partial charge in [0.1, 0.15) is 0 Å². The SMILES string of the molecule is COc1ccc(CC(=O)N/N=C/c2csc([N+](=O)[O-])c2)cc1OC. The number of benzene rings is 1. The molecule has 0 fully saturated rings. The van der Waals surface area contributed by atoms with E-state index in [-0.39, 0.29) is 17.3 Å². The third kappa shape index (κ3) is 4.53. The first kappa shape index (κ1) is 17.4. The van der Waals surface area contributed by atoms with Crippen molar-refractivity contribution in [1.29, 1.82) is 0 Å². The molecule has 0 atom stereocenters. The second kappa shape index (κ2) is 8.06. The Morgan fingerprint density at radius 3 is 2.71 bits per heavy atom. The number of nitrogens with zero attached hydrogens (tertiary/aromatic N) is 2. The Morgan fingerprint density at radius 1 is 1.33 bits per heavy atom. The van der Waals surface area contributed by atoms with Crippen molar-refractivity contribution in [3.63, 3.8) is 0 Å². The van der Waals surface area contributed by atoms with Crippen molar-refractivity contribution in [3.05, 3.63) is 50.9 Å². The molecule has 0 saturated carbocycles. The molecule has 8 nitrogen and oxygen atoms in total. The first-order valence-electron chi connectivity index (χ1n) is 6.79. The summed E-state index contributed by atoms with van der Waals surface area (Å²) >= 11 is 0.998. The van der Waals surface area contributed by atoms with E-state index < -0.39 is 4.92 Å². The number of hydrogen-bond acceptors (Lipinski definition) is 7. The molecule has 1 heterocycles. The highest BCUT2D eigenvalue weighted by molar-refractivity contribution is 7.13. The monoisotopic (exact) mass is 349 g/mol. The Hall–Kier alpha value is -2.94. The van der Waals surface area contributed by atoms with E-state index in [1.54, 1.807) is 23.6 Å². The topological polar surface area (TPSA) is 103 Å². The van der Waals surface area contributed by atoms with Crippen LogP contribution in [-0.2, 0) is 11.2 Å². The summed E-state index contributed by atoms with van der Waals surface area (Å²) in [6.07, 6.45) is 1.47. The molecule has 2 rings (SSSR count). The van der Waals surface area contributed by atoms with Gasteiger partial charge in [0, 0.05) is 17.0 Å². The average molecular weight is 349 g/mol. The Bertz CT molecular complexity index is 772. The minimum atomic E-state index is -0.475. The molecule has 9 heteroatoms. The molecule has 1 N–H and O–H groups in total. The number of methoxy groups -OCH3 is 2. The van der Waals surface area contributed by atoms with Crippen LogP contribution in [0, 0.1) is 10.1 Å². The van der Waals surface area contributed by atoms with Gasteiger partial charge >= 0.3 is 5.00 Å². The molecule has 0 aliphatic heterocycles. The average Bonchev–Trinajstić information content (AvgIpc) is 3.04. The maximum Gasteiger partial charge on any atom is 0.324 e. The van der Waals surface area contributed by atoms with Gasteiger partial charge in [-0.1, -0.05) is 17.4 Å². The van der Waals surface area contributed by atoms with Gasteiger partial charge in [-0.15, -0.1) is 0 Å². The number of amides is 1. The Labute approximate surface area is 141 Å². The zero-order valence-electron chi connectivity index (χ0n) is 13.0. The molecule has 1 amide bonds. The number of nitro groups is 1. The van der Waals surface area contributed by atoms with Crippen molar-refractivity contribution in [2.24, 2.45) is 5.10 Å². The van der Waals surface area contributed by atoms with Crippen LogP contribution in [0.2, 0.25) is 0 Å². The molecule has 0 bridgehead atoms. The van der Waals surface area contributed by atoms with Crippen LogP contribution in [0.25, 0.3) is 0 Å². The highest BCUT2D eigenvalue weighted by Crippen LogP contribution is 2.27. The van der Waals surface area contributed by atoms with E-state index in [9.17, 15) is 14.9 Å². The third-order valence-corrected chi connectivity index (χ3v) is 3.90. The third-order valence-electron chi connectivity index (χ3n) is 3.00. The van der Waals surface area contributed by atoms with Gasteiger partial charge in [0.2, 0.25) is 5.91 Å². The summed E-state index contributed by atoms with van der Waals surface area (Å²) in [5, 5.41) is 16.0. The summed E-state index contributed by atoms with van der Waals surface area (Å²) in [7, 11) is 3.06.